The average molecular weight is 362 g/mol. The zero-order valence-corrected chi connectivity index (χ0v) is 14.4. The smallest absolute Gasteiger partial charge is 0.328 e. The van der Waals surface area contributed by atoms with Crippen molar-refractivity contribution < 1.29 is 34.5 Å². The van der Waals surface area contributed by atoms with Crippen LogP contribution < -0.4 is 21.7 Å². The molecule has 25 heavy (non-hydrogen) atoms. The van der Waals surface area contributed by atoms with Crippen LogP contribution in [0.3, 0.4) is 0 Å². The molecule has 0 rings (SSSR count). The van der Waals surface area contributed by atoms with Gasteiger partial charge in [-0.2, -0.15) is 0 Å². The number of carboxylic acid groups (broad SMARTS) is 1. The van der Waals surface area contributed by atoms with Crippen molar-refractivity contribution in [1.82, 2.24) is 16.0 Å². The van der Waals surface area contributed by atoms with Gasteiger partial charge in [-0.25, -0.2) is 4.79 Å². The van der Waals surface area contributed by atoms with Crippen LogP contribution in [0, 0.1) is 5.92 Å². The topological polar surface area (TPSA) is 191 Å². The molecule has 4 unspecified atom stereocenters. The molecule has 0 aliphatic carbocycles. The lowest BCUT2D eigenvalue weighted by Crippen LogP contribution is -2.58. The number of nitrogens with two attached hydrogens (primary N) is 1. The molecule has 11 heteroatoms. The van der Waals surface area contributed by atoms with Gasteiger partial charge in [0.1, 0.15) is 18.1 Å². The van der Waals surface area contributed by atoms with E-state index < -0.39 is 61.1 Å². The van der Waals surface area contributed by atoms with E-state index in [1.807, 2.05) is 5.32 Å². The number of rotatable bonds is 10. The molecule has 0 aromatic heterocycles. The SMILES string of the molecule is CC(NC(=O)C(N)C(C)C)C(=O)NC(CO)C(=O)NC(CO)C(=O)O. The Labute approximate surface area is 145 Å². The largest absolute Gasteiger partial charge is 0.480 e. The number of aliphatic carboxylic acids is 1. The molecule has 0 bridgehead atoms. The number of hydrogen-bond donors (Lipinski definition) is 7. The third-order valence-corrected chi connectivity index (χ3v) is 3.39. The molecule has 0 aromatic rings. The molecule has 0 saturated carbocycles. The summed E-state index contributed by atoms with van der Waals surface area (Å²) in [6, 6.07) is -4.86. The van der Waals surface area contributed by atoms with Crippen LogP contribution in [0.25, 0.3) is 0 Å². The van der Waals surface area contributed by atoms with E-state index in [9.17, 15) is 24.3 Å². The van der Waals surface area contributed by atoms with E-state index in [2.05, 4.69) is 10.6 Å². The van der Waals surface area contributed by atoms with Gasteiger partial charge < -0.3 is 37.0 Å². The second kappa shape index (κ2) is 10.6. The maximum absolute atomic E-state index is 12.0. The van der Waals surface area contributed by atoms with Crippen molar-refractivity contribution in [3.63, 3.8) is 0 Å². The lowest BCUT2D eigenvalue weighted by molar-refractivity contribution is -0.143. The number of amides is 3. The van der Waals surface area contributed by atoms with E-state index >= 15 is 0 Å². The Bertz CT molecular complexity index is 498. The number of hydrogen-bond acceptors (Lipinski definition) is 7. The first-order chi connectivity index (χ1) is 11.5. The van der Waals surface area contributed by atoms with Gasteiger partial charge >= 0.3 is 5.97 Å². The fraction of sp³-hybridized carbons (Fsp3) is 0.714. The summed E-state index contributed by atoms with van der Waals surface area (Å²) in [5.74, 6) is -3.92. The number of aliphatic hydroxyl groups is 2. The van der Waals surface area contributed by atoms with Crippen molar-refractivity contribution in [2.75, 3.05) is 13.2 Å². The maximum atomic E-state index is 12.0. The lowest BCUT2D eigenvalue weighted by Gasteiger charge is -2.22. The fourth-order valence-corrected chi connectivity index (χ4v) is 1.63. The van der Waals surface area contributed by atoms with E-state index in [0.717, 1.165) is 0 Å². The van der Waals surface area contributed by atoms with Gasteiger partial charge in [0.2, 0.25) is 17.7 Å². The monoisotopic (exact) mass is 362 g/mol. The molecule has 8 N–H and O–H groups in total. The quantitative estimate of drug-likeness (QED) is 0.208. The highest BCUT2D eigenvalue weighted by atomic mass is 16.4. The van der Waals surface area contributed by atoms with Gasteiger partial charge in [0.25, 0.3) is 0 Å². The second-order valence-electron chi connectivity index (χ2n) is 5.83. The van der Waals surface area contributed by atoms with Gasteiger partial charge in [-0.3, -0.25) is 14.4 Å². The Morgan fingerprint density at radius 1 is 0.840 bits per heavy atom. The summed E-state index contributed by atoms with van der Waals surface area (Å²) in [5, 5.41) is 33.3. The van der Waals surface area contributed by atoms with Gasteiger partial charge in [-0.05, 0) is 12.8 Å². The molecule has 0 aliphatic heterocycles. The first-order valence-electron chi connectivity index (χ1n) is 7.66. The molecule has 11 nitrogen and oxygen atoms in total. The maximum Gasteiger partial charge on any atom is 0.328 e. The molecule has 4 atom stereocenters. The van der Waals surface area contributed by atoms with Crippen LogP contribution in [0.4, 0.5) is 0 Å². The number of carbonyl (C=O) groups excluding carboxylic acids is 3. The molecule has 0 aliphatic rings. The summed E-state index contributed by atoms with van der Waals surface area (Å²) >= 11 is 0. The van der Waals surface area contributed by atoms with Crippen molar-refractivity contribution in [2.24, 2.45) is 11.7 Å². The van der Waals surface area contributed by atoms with Gasteiger partial charge in [0.05, 0.1) is 19.3 Å². The predicted octanol–water partition coefficient (Wildman–Crippen LogP) is -3.49. The van der Waals surface area contributed by atoms with Crippen LogP contribution in [-0.2, 0) is 19.2 Å². The van der Waals surface area contributed by atoms with Crippen LogP contribution in [-0.4, -0.2) is 76.4 Å². The van der Waals surface area contributed by atoms with Gasteiger partial charge in [-0.15, -0.1) is 0 Å². The molecule has 0 saturated heterocycles. The van der Waals surface area contributed by atoms with Gasteiger partial charge in [0.15, 0.2) is 0 Å². The molecule has 144 valence electrons. The summed E-state index contributed by atoms with van der Waals surface area (Å²) in [6.45, 7) is 3.18. The van der Waals surface area contributed by atoms with Crippen LogP contribution in [0.2, 0.25) is 0 Å². The number of carbonyl (C=O) groups is 4. The number of carboxylic acids is 1. The van der Waals surface area contributed by atoms with E-state index in [1.165, 1.54) is 6.92 Å². The Morgan fingerprint density at radius 2 is 1.32 bits per heavy atom. The molecule has 0 fully saturated rings. The summed E-state index contributed by atoms with van der Waals surface area (Å²) in [7, 11) is 0. The van der Waals surface area contributed by atoms with Crippen molar-refractivity contribution in [3.8, 4) is 0 Å². The molecule has 0 heterocycles. The molecule has 0 aromatic carbocycles. The lowest BCUT2D eigenvalue weighted by atomic mass is 10.0. The summed E-state index contributed by atoms with van der Waals surface area (Å²) in [4.78, 5) is 46.4. The first kappa shape index (κ1) is 22.8. The Morgan fingerprint density at radius 3 is 1.72 bits per heavy atom. The molecule has 3 amide bonds. The summed E-state index contributed by atoms with van der Waals surface area (Å²) < 4.78 is 0. The van der Waals surface area contributed by atoms with E-state index in [1.54, 1.807) is 13.8 Å². The molecular formula is C14H26N4O7. The van der Waals surface area contributed by atoms with Crippen LogP contribution in [0.1, 0.15) is 20.8 Å². The molecule has 0 spiro atoms. The zero-order valence-electron chi connectivity index (χ0n) is 14.4. The van der Waals surface area contributed by atoms with Crippen LogP contribution in [0.15, 0.2) is 0 Å². The van der Waals surface area contributed by atoms with Crippen molar-refractivity contribution in [1.29, 1.82) is 0 Å². The zero-order chi connectivity index (χ0) is 19.7. The van der Waals surface area contributed by atoms with Crippen LogP contribution >= 0.6 is 0 Å². The minimum Gasteiger partial charge on any atom is -0.480 e. The van der Waals surface area contributed by atoms with Crippen molar-refractivity contribution >= 4 is 23.7 Å². The fourth-order valence-electron chi connectivity index (χ4n) is 1.63. The van der Waals surface area contributed by atoms with E-state index in [4.69, 9.17) is 15.9 Å². The molecule has 0 radical (unpaired) electrons. The highest BCUT2D eigenvalue weighted by molar-refractivity contribution is 5.93. The minimum absolute atomic E-state index is 0.141. The molecular weight excluding hydrogens is 336 g/mol. The minimum atomic E-state index is -1.57. The first-order valence-corrected chi connectivity index (χ1v) is 7.66. The van der Waals surface area contributed by atoms with Gasteiger partial charge in [-0.1, -0.05) is 13.8 Å². The summed E-state index contributed by atoms with van der Waals surface area (Å²) in [5.41, 5.74) is 5.66. The number of nitrogens with one attached hydrogen (secondary N) is 3. The van der Waals surface area contributed by atoms with Crippen LogP contribution in [0.5, 0.6) is 0 Å². The van der Waals surface area contributed by atoms with E-state index in [0.29, 0.717) is 0 Å². The Hall–Kier alpha value is -2.24. The van der Waals surface area contributed by atoms with Gasteiger partial charge in [0, 0.05) is 0 Å². The highest BCUT2D eigenvalue weighted by Gasteiger charge is 2.28. The normalized spacial score (nSPS) is 15.6. The predicted molar refractivity (Wildman–Crippen MR) is 86.1 cm³/mol. The Kier molecular flexibility index (Phi) is 9.64. The van der Waals surface area contributed by atoms with Crippen molar-refractivity contribution in [3.05, 3.63) is 0 Å². The third kappa shape index (κ3) is 7.45. The third-order valence-electron chi connectivity index (χ3n) is 3.39. The summed E-state index contributed by atoms with van der Waals surface area (Å²) in [6.07, 6.45) is 0. The standard InChI is InChI=1S/C14H26N4O7/c1-6(2)10(15)13(23)16-7(3)11(21)17-8(4-19)12(22)18-9(5-20)14(24)25/h6-10,19-20H,4-5,15H2,1-3H3,(H,16,23)(H,17,21)(H,18,22)(H,24,25). The highest BCUT2D eigenvalue weighted by Crippen LogP contribution is 1.99. The second-order valence-corrected chi connectivity index (χ2v) is 5.83. The van der Waals surface area contributed by atoms with Crippen molar-refractivity contribution in [2.45, 2.75) is 44.9 Å². The Balaban J connectivity index is 4.74. The van der Waals surface area contributed by atoms with E-state index in [-0.39, 0.29) is 5.92 Å². The number of aliphatic hydroxyl groups excluding tert-OH is 2. The average Bonchev–Trinajstić information content (AvgIpc) is 2.55.